The molecule has 1 heterocycles. The molecule has 0 atom stereocenters. The van der Waals surface area contributed by atoms with Gasteiger partial charge in [0.15, 0.2) is 23.2 Å². The number of hydrogen-bond acceptors (Lipinski definition) is 4. The molecule has 0 aliphatic heterocycles. The van der Waals surface area contributed by atoms with Crippen molar-refractivity contribution in [3.8, 4) is 17.0 Å². The smallest absolute Gasteiger partial charge is 0.187 e. The van der Waals surface area contributed by atoms with Gasteiger partial charge >= 0.3 is 0 Å². The average Bonchev–Trinajstić information content (AvgIpc) is 2.44. The van der Waals surface area contributed by atoms with Gasteiger partial charge in [0.2, 0.25) is 0 Å². The Balaban J connectivity index is 2.69. The lowest BCUT2D eigenvalue weighted by Crippen LogP contribution is -2.02. The number of benzene rings is 1. The first-order valence-corrected chi connectivity index (χ1v) is 5.61. The van der Waals surface area contributed by atoms with Crippen LogP contribution in [0.5, 0.6) is 5.75 Å². The van der Waals surface area contributed by atoms with Gasteiger partial charge < -0.3 is 10.1 Å². The van der Waals surface area contributed by atoms with Crippen LogP contribution in [-0.2, 0) is 0 Å². The Kier molecular flexibility index (Phi) is 3.59. The fourth-order valence-corrected chi connectivity index (χ4v) is 1.77. The molecular weight excluding hydrogens is 252 g/mol. The second-order valence-corrected chi connectivity index (χ2v) is 3.91. The summed E-state index contributed by atoms with van der Waals surface area (Å²) in [6.07, 6.45) is 1.26. The molecule has 0 saturated carbocycles. The van der Waals surface area contributed by atoms with E-state index in [1.54, 1.807) is 7.05 Å². The molecule has 0 bridgehead atoms. The molecule has 0 aliphatic carbocycles. The van der Waals surface area contributed by atoms with E-state index in [0.29, 0.717) is 5.82 Å². The molecule has 0 fully saturated rings. The molecule has 0 radical (unpaired) electrons. The summed E-state index contributed by atoms with van der Waals surface area (Å²) in [5.74, 6) is -1.15. The molecule has 0 amide bonds. The number of aryl methyl sites for hydroxylation is 1. The van der Waals surface area contributed by atoms with Crippen molar-refractivity contribution in [2.45, 2.75) is 6.92 Å². The van der Waals surface area contributed by atoms with Crippen LogP contribution in [0.2, 0.25) is 0 Å². The lowest BCUT2D eigenvalue weighted by Gasteiger charge is -2.12. The summed E-state index contributed by atoms with van der Waals surface area (Å²) in [6.45, 7) is 1.50. The molecule has 6 heteroatoms. The second-order valence-electron chi connectivity index (χ2n) is 3.91. The van der Waals surface area contributed by atoms with Crippen LogP contribution >= 0.6 is 0 Å². The van der Waals surface area contributed by atoms with Gasteiger partial charge in [-0.2, -0.15) is 0 Å². The Hall–Kier alpha value is -2.24. The lowest BCUT2D eigenvalue weighted by molar-refractivity contribution is 0.414. The summed E-state index contributed by atoms with van der Waals surface area (Å²) in [5, 5.41) is 2.81. The van der Waals surface area contributed by atoms with Crippen molar-refractivity contribution in [2.24, 2.45) is 0 Å². The number of nitrogens with one attached hydrogen (secondary N) is 1. The van der Waals surface area contributed by atoms with Crippen molar-refractivity contribution in [3.63, 3.8) is 0 Å². The van der Waals surface area contributed by atoms with E-state index in [2.05, 4.69) is 15.3 Å². The molecule has 0 spiro atoms. The third-order valence-electron chi connectivity index (χ3n) is 2.78. The maximum atomic E-state index is 14.0. The van der Waals surface area contributed by atoms with Crippen LogP contribution in [0.25, 0.3) is 11.3 Å². The largest absolute Gasteiger partial charge is 0.491 e. The van der Waals surface area contributed by atoms with Gasteiger partial charge in [0.1, 0.15) is 12.0 Å². The zero-order chi connectivity index (χ0) is 14.0. The van der Waals surface area contributed by atoms with Crippen molar-refractivity contribution < 1.29 is 13.5 Å². The van der Waals surface area contributed by atoms with Crippen LogP contribution in [0.1, 0.15) is 5.56 Å². The first kappa shape index (κ1) is 13.2. The number of methoxy groups -OCH3 is 1. The van der Waals surface area contributed by atoms with Crippen LogP contribution in [0.3, 0.4) is 0 Å². The van der Waals surface area contributed by atoms with Crippen molar-refractivity contribution >= 4 is 5.82 Å². The number of anilines is 1. The summed E-state index contributed by atoms with van der Waals surface area (Å²) >= 11 is 0. The molecule has 1 aromatic carbocycles. The second kappa shape index (κ2) is 5.17. The van der Waals surface area contributed by atoms with Crippen molar-refractivity contribution in [3.05, 3.63) is 35.7 Å². The minimum atomic E-state index is -0.945. The van der Waals surface area contributed by atoms with E-state index in [-0.39, 0.29) is 22.6 Å². The Morgan fingerprint density at radius 2 is 1.89 bits per heavy atom. The maximum Gasteiger partial charge on any atom is 0.187 e. The monoisotopic (exact) mass is 265 g/mol. The number of nitrogens with zero attached hydrogens (tertiary/aromatic N) is 2. The van der Waals surface area contributed by atoms with Crippen LogP contribution in [0.4, 0.5) is 14.6 Å². The van der Waals surface area contributed by atoms with Crippen LogP contribution in [0.15, 0.2) is 18.5 Å². The molecule has 2 aromatic rings. The van der Waals surface area contributed by atoms with Gasteiger partial charge in [-0.05, 0) is 18.6 Å². The summed E-state index contributed by atoms with van der Waals surface area (Å²) in [5.41, 5.74) is 0.486. The molecule has 4 nitrogen and oxygen atoms in total. The first-order chi connectivity index (χ1) is 9.10. The van der Waals surface area contributed by atoms with E-state index in [9.17, 15) is 8.78 Å². The van der Waals surface area contributed by atoms with E-state index >= 15 is 0 Å². The van der Waals surface area contributed by atoms with E-state index in [0.717, 1.165) is 0 Å². The van der Waals surface area contributed by atoms with E-state index < -0.39 is 11.6 Å². The summed E-state index contributed by atoms with van der Waals surface area (Å²) in [4.78, 5) is 7.94. The maximum absolute atomic E-state index is 14.0. The van der Waals surface area contributed by atoms with E-state index in [4.69, 9.17) is 4.74 Å². The molecule has 1 N–H and O–H groups in total. The van der Waals surface area contributed by atoms with Gasteiger partial charge in [-0.15, -0.1) is 0 Å². The molecule has 0 unspecified atom stereocenters. The van der Waals surface area contributed by atoms with Gasteiger partial charge in [-0.3, -0.25) is 0 Å². The molecule has 19 heavy (non-hydrogen) atoms. The highest BCUT2D eigenvalue weighted by atomic mass is 19.2. The molecule has 2 rings (SSSR count). The van der Waals surface area contributed by atoms with Crippen LogP contribution in [-0.4, -0.2) is 24.1 Å². The Morgan fingerprint density at radius 1 is 1.16 bits per heavy atom. The topological polar surface area (TPSA) is 47.0 Å². The normalized spacial score (nSPS) is 10.4. The predicted molar refractivity (Wildman–Crippen MR) is 68.2 cm³/mol. The first-order valence-electron chi connectivity index (χ1n) is 5.61. The Morgan fingerprint density at radius 3 is 2.53 bits per heavy atom. The number of ether oxygens (including phenoxy) is 1. The Bertz CT molecular complexity index is 617. The van der Waals surface area contributed by atoms with Crippen molar-refractivity contribution in [1.29, 1.82) is 0 Å². The van der Waals surface area contributed by atoms with Crippen molar-refractivity contribution in [1.82, 2.24) is 9.97 Å². The van der Waals surface area contributed by atoms with Gasteiger partial charge in [0, 0.05) is 12.6 Å². The van der Waals surface area contributed by atoms with Crippen LogP contribution < -0.4 is 10.1 Å². The summed E-state index contributed by atoms with van der Waals surface area (Å²) in [7, 11) is 3.08. The van der Waals surface area contributed by atoms with Gasteiger partial charge in [-0.1, -0.05) is 6.07 Å². The third-order valence-corrected chi connectivity index (χ3v) is 2.78. The molecule has 0 saturated heterocycles. The van der Waals surface area contributed by atoms with Gasteiger partial charge in [0.05, 0.1) is 7.11 Å². The SMILES string of the molecule is CNc1ncnc(-c2ccc(C)c(F)c2F)c1OC. The standard InChI is InChI=1S/C13H13F2N3O/c1-7-4-5-8(10(15)9(7)14)11-12(19-3)13(16-2)18-6-17-11/h4-6H,1-3H3,(H,16,17,18). The molecule has 100 valence electrons. The number of rotatable bonds is 3. The quantitative estimate of drug-likeness (QED) is 0.927. The summed E-state index contributed by atoms with van der Waals surface area (Å²) in [6, 6.07) is 2.96. The van der Waals surface area contributed by atoms with Crippen LogP contribution in [0, 0.1) is 18.6 Å². The van der Waals surface area contributed by atoms with Gasteiger partial charge in [0.25, 0.3) is 0 Å². The fourth-order valence-electron chi connectivity index (χ4n) is 1.77. The molecule has 0 aliphatic rings. The van der Waals surface area contributed by atoms with E-state index in [1.165, 1.54) is 32.5 Å². The zero-order valence-electron chi connectivity index (χ0n) is 10.8. The zero-order valence-corrected chi connectivity index (χ0v) is 10.8. The average molecular weight is 265 g/mol. The fraction of sp³-hybridized carbons (Fsp3) is 0.231. The minimum absolute atomic E-state index is 0.0406. The lowest BCUT2D eigenvalue weighted by atomic mass is 10.1. The molecule has 1 aromatic heterocycles. The van der Waals surface area contributed by atoms with Gasteiger partial charge in [-0.25, -0.2) is 18.7 Å². The highest BCUT2D eigenvalue weighted by Gasteiger charge is 2.19. The predicted octanol–water partition coefficient (Wildman–Crippen LogP) is 2.78. The number of aromatic nitrogens is 2. The minimum Gasteiger partial charge on any atom is -0.491 e. The highest BCUT2D eigenvalue weighted by molar-refractivity contribution is 5.73. The van der Waals surface area contributed by atoms with Crippen molar-refractivity contribution in [2.75, 3.05) is 19.5 Å². The number of halogens is 2. The summed E-state index contributed by atoms with van der Waals surface area (Å²) < 4.78 is 32.8. The highest BCUT2D eigenvalue weighted by Crippen LogP contribution is 2.35. The Labute approximate surface area is 109 Å². The van der Waals surface area contributed by atoms with E-state index in [1.807, 2.05) is 0 Å². The third kappa shape index (κ3) is 2.21. The number of hydrogen-bond donors (Lipinski definition) is 1. The molecular formula is C13H13F2N3O.